The molecule has 1 fully saturated rings. The van der Waals surface area contributed by atoms with E-state index in [2.05, 4.69) is 0 Å². The Morgan fingerprint density at radius 1 is 1.25 bits per heavy atom. The van der Waals surface area contributed by atoms with Crippen molar-refractivity contribution in [3.8, 4) is 0 Å². The molecule has 0 radical (unpaired) electrons. The quantitative estimate of drug-likeness (QED) is 0.616. The minimum absolute atomic E-state index is 0.00235. The predicted molar refractivity (Wildman–Crippen MR) is 91.5 cm³/mol. The van der Waals surface area contributed by atoms with Crippen LogP contribution in [-0.4, -0.2) is 40.5 Å². The Labute approximate surface area is 143 Å². The molecule has 2 heterocycles. The topological polar surface area (TPSA) is 51.5 Å². The maximum absolute atomic E-state index is 12.8. The number of nitrogens with zero attached hydrogens (tertiary/aromatic N) is 2. The van der Waals surface area contributed by atoms with E-state index in [0.717, 1.165) is 50.8 Å². The molecule has 1 aliphatic heterocycles. The van der Waals surface area contributed by atoms with Crippen molar-refractivity contribution in [1.29, 1.82) is 0 Å². The number of aromatic nitrogens is 1. The van der Waals surface area contributed by atoms with Crippen molar-refractivity contribution in [1.82, 2.24) is 9.47 Å². The molecule has 0 saturated carbocycles. The Kier molecular flexibility index (Phi) is 5.38. The smallest absolute Gasteiger partial charge is 0.309 e. The van der Waals surface area contributed by atoms with E-state index in [0.29, 0.717) is 6.61 Å². The molecule has 0 spiro atoms. The summed E-state index contributed by atoms with van der Waals surface area (Å²) in [6, 6.07) is 3.92. The van der Waals surface area contributed by atoms with Crippen LogP contribution in [0, 0.1) is 5.92 Å². The van der Waals surface area contributed by atoms with Gasteiger partial charge in [0, 0.05) is 32.3 Å². The normalized spacial score (nSPS) is 21.2. The first-order valence-corrected chi connectivity index (χ1v) is 8.90. The third-order valence-corrected chi connectivity index (χ3v) is 5.09. The first-order chi connectivity index (χ1) is 11.7. The van der Waals surface area contributed by atoms with E-state index >= 15 is 0 Å². The molecule has 1 atom stereocenters. The lowest BCUT2D eigenvalue weighted by molar-refractivity contribution is -0.148. The highest BCUT2D eigenvalue weighted by Gasteiger charge is 2.29. The minimum Gasteiger partial charge on any atom is -0.465 e. The molecule has 1 amide bonds. The SMILES string of the molecule is Cn1cccc1C(=O)N1CCCCC1CCOC(=O)C1CC=CC1. The fourth-order valence-electron chi connectivity index (χ4n) is 3.62. The van der Waals surface area contributed by atoms with E-state index in [1.165, 1.54) is 0 Å². The molecule has 0 bridgehead atoms. The largest absolute Gasteiger partial charge is 0.465 e. The van der Waals surface area contributed by atoms with Crippen molar-refractivity contribution in [2.75, 3.05) is 13.2 Å². The zero-order valence-corrected chi connectivity index (χ0v) is 14.3. The van der Waals surface area contributed by atoms with Crippen LogP contribution in [0.3, 0.4) is 0 Å². The second-order valence-electron chi connectivity index (χ2n) is 6.75. The van der Waals surface area contributed by atoms with E-state index in [9.17, 15) is 9.59 Å². The number of piperidine rings is 1. The van der Waals surface area contributed by atoms with Crippen molar-refractivity contribution in [2.24, 2.45) is 13.0 Å². The van der Waals surface area contributed by atoms with Crippen LogP contribution in [0.15, 0.2) is 30.5 Å². The van der Waals surface area contributed by atoms with E-state index in [-0.39, 0.29) is 23.8 Å². The number of carbonyl (C=O) groups excluding carboxylic acids is 2. The van der Waals surface area contributed by atoms with Gasteiger partial charge in [-0.05, 0) is 44.2 Å². The predicted octanol–water partition coefficient (Wildman–Crippen LogP) is 2.92. The van der Waals surface area contributed by atoms with Crippen LogP contribution in [0.1, 0.15) is 49.0 Å². The van der Waals surface area contributed by atoms with Crippen LogP contribution in [-0.2, 0) is 16.6 Å². The number of esters is 1. The van der Waals surface area contributed by atoms with Gasteiger partial charge in [0.1, 0.15) is 5.69 Å². The van der Waals surface area contributed by atoms with Gasteiger partial charge < -0.3 is 14.2 Å². The van der Waals surface area contributed by atoms with Crippen LogP contribution >= 0.6 is 0 Å². The summed E-state index contributed by atoms with van der Waals surface area (Å²) in [5, 5.41) is 0. The molecular weight excluding hydrogens is 304 g/mol. The molecule has 2 aliphatic rings. The van der Waals surface area contributed by atoms with Gasteiger partial charge in [0.05, 0.1) is 12.5 Å². The molecule has 1 aromatic heterocycles. The number of hydrogen-bond acceptors (Lipinski definition) is 3. The summed E-state index contributed by atoms with van der Waals surface area (Å²) in [6.45, 7) is 1.19. The van der Waals surface area contributed by atoms with Gasteiger partial charge in [-0.3, -0.25) is 9.59 Å². The van der Waals surface area contributed by atoms with Crippen molar-refractivity contribution < 1.29 is 14.3 Å². The monoisotopic (exact) mass is 330 g/mol. The van der Waals surface area contributed by atoms with Crippen molar-refractivity contribution >= 4 is 11.9 Å². The van der Waals surface area contributed by atoms with Crippen LogP contribution in [0.5, 0.6) is 0 Å². The van der Waals surface area contributed by atoms with E-state index in [1.54, 1.807) is 0 Å². The zero-order chi connectivity index (χ0) is 16.9. The average molecular weight is 330 g/mol. The fraction of sp³-hybridized carbons (Fsp3) is 0.579. The second-order valence-corrected chi connectivity index (χ2v) is 6.75. The maximum atomic E-state index is 12.8. The van der Waals surface area contributed by atoms with Crippen molar-refractivity contribution in [3.05, 3.63) is 36.2 Å². The molecule has 1 saturated heterocycles. The Balaban J connectivity index is 1.53. The number of rotatable bonds is 5. The average Bonchev–Trinajstić information content (AvgIpc) is 3.26. The third-order valence-electron chi connectivity index (χ3n) is 5.09. The van der Waals surface area contributed by atoms with Crippen LogP contribution in [0.25, 0.3) is 0 Å². The highest BCUT2D eigenvalue weighted by Crippen LogP contribution is 2.23. The fourth-order valence-corrected chi connectivity index (χ4v) is 3.62. The lowest BCUT2D eigenvalue weighted by Crippen LogP contribution is -2.44. The van der Waals surface area contributed by atoms with E-state index < -0.39 is 0 Å². The molecule has 130 valence electrons. The number of likely N-dealkylation sites (tertiary alicyclic amines) is 1. The van der Waals surface area contributed by atoms with Crippen LogP contribution < -0.4 is 0 Å². The standard InChI is InChI=1S/C19H26N2O3/c1-20-12-6-10-17(20)18(22)21-13-5-4-9-16(21)11-14-24-19(23)15-7-2-3-8-15/h2-3,6,10,12,15-16H,4-5,7-9,11,13-14H2,1H3. The molecule has 3 rings (SSSR count). The number of carbonyl (C=O) groups is 2. The van der Waals surface area contributed by atoms with Gasteiger partial charge in [-0.2, -0.15) is 0 Å². The highest BCUT2D eigenvalue weighted by molar-refractivity contribution is 5.93. The van der Waals surface area contributed by atoms with Crippen LogP contribution in [0.2, 0.25) is 0 Å². The third kappa shape index (κ3) is 3.71. The lowest BCUT2D eigenvalue weighted by atomic mass is 9.99. The Bertz CT molecular complexity index is 612. The van der Waals surface area contributed by atoms with E-state index in [1.807, 2.05) is 47.0 Å². The number of ether oxygens (including phenoxy) is 1. The molecule has 0 aromatic carbocycles. The lowest BCUT2D eigenvalue weighted by Gasteiger charge is -2.35. The zero-order valence-electron chi connectivity index (χ0n) is 14.3. The maximum Gasteiger partial charge on any atom is 0.309 e. The van der Waals surface area contributed by atoms with Gasteiger partial charge in [-0.25, -0.2) is 0 Å². The molecule has 1 aromatic rings. The minimum atomic E-state index is -0.101. The molecule has 1 unspecified atom stereocenters. The molecular formula is C19H26N2O3. The van der Waals surface area contributed by atoms with Gasteiger partial charge in [0.25, 0.3) is 5.91 Å². The highest BCUT2D eigenvalue weighted by atomic mass is 16.5. The van der Waals surface area contributed by atoms with Gasteiger partial charge in [0.15, 0.2) is 0 Å². The van der Waals surface area contributed by atoms with Crippen molar-refractivity contribution in [3.63, 3.8) is 0 Å². The van der Waals surface area contributed by atoms with Crippen molar-refractivity contribution in [2.45, 2.75) is 44.6 Å². The molecule has 5 nitrogen and oxygen atoms in total. The second kappa shape index (κ2) is 7.69. The summed E-state index contributed by atoms with van der Waals surface area (Å²) >= 11 is 0. The van der Waals surface area contributed by atoms with Gasteiger partial charge in [0.2, 0.25) is 0 Å². The Morgan fingerprint density at radius 2 is 2.04 bits per heavy atom. The summed E-state index contributed by atoms with van der Waals surface area (Å²) in [5.74, 6) is -0.0212. The summed E-state index contributed by atoms with van der Waals surface area (Å²) < 4.78 is 7.31. The number of aryl methyl sites for hydroxylation is 1. The molecule has 1 aliphatic carbocycles. The Hall–Kier alpha value is -2.04. The Morgan fingerprint density at radius 3 is 2.75 bits per heavy atom. The first kappa shape index (κ1) is 16.8. The summed E-state index contributed by atoms with van der Waals surface area (Å²) in [4.78, 5) is 26.7. The number of allylic oxidation sites excluding steroid dienone is 2. The molecule has 0 N–H and O–H groups in total. The molecule has 5 heteroatoms. The molecule has 24 heavy (non-hydrogen) atoms. The van der Waals surface area contributed by atoms with Gasteiger partial charge in [-0.15, -0.1) is 0 Å². The van der Waals surface area contributed by atoms with Gasteiger partial charge >= 0.3 is 5.97 Å². The van der Waals surface area contributed by atoms with Gasteiger partial charge in [-0.1, -0.05) is 12.2 Å². The number of hydrogen-bond donors (Lipinski definition) is 0. The summed E-state index contributed by atoms with van der Waals surface area (Å²) in [7, 11) is 1.89. The number of amides is 1. The van der Waals surface area contributed by atoms with E-state index in [4.69, 9.17) is 4.74 Å². The summed E-state index contributed by atoms with van der Waals surface area (Å²) in [5.41, 5.74) is 0.718. The first-order valence-electron chi connectivity index (χ1n) is 8.90. The van der Waals surface area contributed by atoms with Crippen LogP contribution in [0.4, 0.5) is 0 Å². The summed E-state index contributed by atoms with van der Waals surface area (Å²) in [6.07, 6.45) is 11.4.